The largest absolute Gasteiger partial charge is 1.00 e. The zero-order valence-corrected chi connectivity index (χ0v) is 14.8. The van der Waals surface area contributed by atoms with Gasteiger partial charge in [0.2, 0.25) is 0 Å². The molecule has 1 aromatic heterocycles. The van der Waals surface area contributed by atoms with Crippen molar-refractivity contribution in [3.05, 3.63) is 23.0 Å². The topological polar surface area (TPSA) is 50.9 Å². The maximum atomic E-state index is 5.18. The number of hydrogen-bond acceptors (Lipinski definition) is 4. The van der Waals surface area contributed by atoms with E-state index >= 15 is 0 Å². The summed E-state index contributed by atoms with van der Waals surface area (Å²) in [6.45, 7) is 5.90. The van der Waals surface area contributed by atoms with Crippen LogP contribution in [0.25, 0.3) is 0 Å². The number of amidine groups is 1. The molecule has 7 heteroatoms. The van der Waals surface area contributed by atoms with E-state index in [1.54, 1.807) is 18.9 Å². The molecule has 1 fully saturated rings. The minimum atomic E-state index is 0. The van der Waals surface area contributed by atoms with E-state index in [4.69, 9.17) is 4.74 Å². The van der Waals surface area contributed by atoms with Gasteiger partial charge in [0.1, 0.15) is 0 Å². The predicted molar refractivity (Wildman–Crippen MR) is 88.4 cm³/mol. The van der Waals surface area contributed by atoms with Gasteiger partial charge in [-0.2, -0.15) is 5.10 Å². The molecule has 0 bridgehead atoms. The molecule has 1 aliphatic carbocycles. The Labute approximate surface area is 142 Å². The van der Waals surface area contributed by atoms with Crippen molar-refractivity contribution >= 4 is 22.6 Å². The lowest BCUT2D eigenvalue weighted by atomic mass is 10.1. The first kappa shape index (κ1) is 17.4. The number of halogens is 1. The van der Waals surface area contributed by atoms with Crippen LogP contribution in [0.5, 0.6) is 0 Å². The number of aryl methyl sites for hydroxylation is 1. The first-order valence-electron chi connectivity index (χ1n) is 7.38. The number of rotatable bonds is 5. The van der Waals surface area contributed by atoms with Crippen LogP contribution >= 0.6 is 11.8 Å². The van der Waals surface area contributed by atoms with Gasteiger partial charge in [-0.15, -0.1) is 0 Å². The van der Waals surface area contributed by atoms with E-state index in [1.807, 2.05) is 0 Å². The number of hydrogen-bond donors (Lipinski definition) is 1. The third-order valence-electron chi connectivity index (χ3n) is 3.88. The lowest BCUT2D eigenvalue weighted by molar-refractivity contribution is -0.00000488. The van der Waals surface area contributed by atoms with Crippen molar-refractivity contribution < 1.29 is 17.1 Å². The van der Waals surface area contributed by atoms with Gasteiger partial charge in [-0.1, -0.05) is 11.8 Å². The second-order valence-electron chi connectivity index (χ2n) is 5.55. The summed E-state index contributed by atoms with van der Waals surface area (Å²) in [7, 11) is 1.74. The standard InChI is InChI=1S/C15H22N4OS.ClH/c1-10-8-13(11(2)19(10)6-7-20-3)14-9-21-15(18-17-14)16-12-4-5-12;/h8,12H,4-7,9H2,1-3H3,(H,16,18);1H/p-1. The van der Waals surface area contributed by atoms with Crippen LogP contribution in [0.1, 0.15) is 29.8 Å². The fourth-order valence-corrected chi connectivity index (χ4v) is 3.34. The van der Waals surface area contributed by atoms with E-state index in [0.29, 0.717) is 6.04 Å². The quantitative estimate of drug-likeness (QED) is 0.771. The Morgan fingerprint density at radius 3 is 2.82 bits per heavy atom. The highest BCUT2D eigenvalue weighted by Gasteiger charge is 2.23. The Bertz CT molecular complexity index is 593. The highest BCUT2D eigenvalue weighted by Crippen LogP contribution is 2.26. The summed E-state index contributed by atoms with van der Waals surface area (Å²) in [5, 5.41) is 5.50. The van der Waals surface area contributed by atoms with Crippen molar-refractivity contribution in [3.63, 3.8) is 0 Å². The van der Waals surface area contributed by atoms with Crippen LogP contribution < -0.4 is 17.8 Å². The predicted octanol–water partition coefficient (Wildman–Crippen LogP) is -0.686. The molecule has 1 aromatic rings. The summed E-state index contributed by atoms with van der Waals surface area (Å²) in [5.74, 6) is 0.882. The number of aliphatic imine (C=N–C) groups is 1. The molecular weight excluding hydrogens is 320 g/mol. The Morgan fingerprint density at radius 1 is 1.45 bits per heavy atom. The van der Waals surface area contributed by atoms with Crippen LogP contribution in [-0.4, -0.2) is 41.0 Å². The summed E-state index contributed by atoms with van der Waals surface area (Å²) < 4.78 is 7.48. The third kappa shape index (κ3) is 3.86. The van der Waals surface area contributed by atoms with E-state index in [1.165, 1.54) is 29.8 Å². The number of methoxy groups -OCH3 is 1. The normalized spacial score (nSPS) is 19.6. The maximum absolute atomic E-state index is 5.18. The van der Waals surface area contributed by atoms with E-state index in [0.717, 1.165) is 29.8 Å². The van der Waals surface area contributed by atoms with E-state index in [9.17, 15) is 0 Å². The lowest BCUT2D eigenvalue weighted by Crippen LogP contribution is -3.00. The fraction of sp³-hybridized carbons (Fsp3) is 0.600. The zero-order valence-electron chi connectivity index (χ0n) is 13.2. The second kappa shape index (κ2) is 7.53. The number of thioether (sulfide) groups is 1. The third-order valence-corrected chi connectivity index (χ3v) is 4.77. The maximum Gasteiger partial charge on any atom is 0.177 e. The van der Waals surface area contributed by atoms with Gasteiger partial charge in [0.25, 0.3) is 0 Å². The van der Waals surface area contributed by atoms with Crippen LogP contribution in [0.3, 0.4) is 0 Å². The van der Waals surface area contributed by atoms with Crippen LogP contribution in [0.4, 0.5) is 0 Å². The second-order valence-corrected chi connectivity index (χ2v) is 6.52. The van der Waals surface area contributed by atoms with Gasteiger partial charge in [-0.05, 0) is 32.8 Å². The van der Waals surface area contributed by atoms with Gasteiger partial charge in [0, 0.05) is 36.4 Å². The van der Waals surface area contributed by atoms with Crippen molar-refractivity contribution in [3.8, 4) is 0 Å². The highest BCUT2D eigenvalue weighted by molar-refractivity contribution is 8.14. The molecule has 0 aromatic carbocycles. The fourth-order valence-electron chi connectivity index (χ4n) is 2.51. The van der Waals surface area contributed by atoms with E-state index in [-0.39, 0.29) is 12.4 Å². The van der Waals surface area contributed by atoms with Gasteiger partial charge >= 0.3 is 0 Å². The molecule has 22 heavy (non-hydrogen) atoms. The summed E-state index contributed by atoms with van der Waals surface area (Å²) in [6, 6.07) is 2.76. The monoisotopic (exact) mass is 341 g/mol. The van der Waals surface area contributed by atoms with E-state index < -0.39 is 0 Å². The first-order chi connectivity index (χ1) is 10.2. The SMILES string of the molecule is COCCn1c(C)cc(C2=NNC(=NC3CC3)SC2)c1C.[Cl-]. The summed E-state index contributed by atoms with van der Waals surface area (Å²) in [5.41, 5.74) is 7.95. The molecule has 0 unspecified atom stereocenters. The molecule has 0 amide bonds. The smallest absolute Gasteiger partial charge is 0.177 e. The molecule has 122 valence electrons. The molecule has 3 rings (SSSR count). The molecule has 2 aliphatic rings. The van der Waals surface area contributed by atoms with Gasteiger partial charge in [-0.25, -0.2) is 0 Å². The van der Waals surface area contributed by atoms with Crippen molar-refractivity contribution in [2.24, 2.45) is 10.1 Å². The van der Waals surface area contributed by atoms with Crippen molar-refractivity contribution in [1.29, 1.82) is 0 Å². The van der Waals surface area contributed by atoms with Crippen LogP contribution in [0.2, 0.25) is 0 Å². The Hall–Kier alpha value is -0.980. The minimum Gasteiger partial charge on any atom is -1.00 e. The van der Waals surface area contributed by atoms with Crippen LogP contribution in [0, 0.1) is 13.8 Å². The molecular formula is C15H22ClN4OS-. The highest BCUT2D eigenvalue weighted by atomic mass is 35.5. The Kier molecular flexibility index (Phi) is 5.94. The molecule has 0 saturated heterocycles. The minimum absolute atomic E-state index is 0. The molecule has 0 spiro atoms. The number of hydrazone groups is 1. The molecule has 5 nitrogen and oxygen atoms in total. The Morgan fingerprint density at radius 2 is 2.23 bits per heavy atom. The van der Waals surface area contributed by atoms with E-state index in [2.05, 4.69) is 40.0 Å². The molecule has 1 aliphatic heterocycles. The molecule has 2 heterocycles. The average molecular weight is 342 g/mol. The first-order valence-corrected chi connectivity index (χ1v) is 8.37. The molecule has 0 radical (unpaired) electrons. The van der Waals surface area contributed by atoms with Crippen LogP contribution in [-0.2, 0) is 11.3 Å². The molecule has 0 atom stereocenters. The number of nitrogens with one attached hydrogen (secondary N) is 1. The van der Waals surface area contributed by atoms with Gasteiger partial charge < -0.3 is 21.7 Å². The van der Waals surface area contributed by atoms with Crippen molar-refractivity contribution in [2.45, 2.75) is 39.3 Å². The van der Waals surface area contributed by atoms with Gasteiger partial charge in [0.15, 0.2) is 5.17 Å². The van der Waals surface area contributed by atoms with Crippen LogP contribution in [0.15, 0.2) is 16.2 Å². The molecule has 1 saturated carbocycles. The zero-order chi connectivity index (χ0) is 14.8. The van der Waals surface area contributed by atoms with Gasteiger partial charge in [-0.3, -0.25) is 10.4 Å². The lowest BCUT2D eigenvalue weighted by Gasteiger charge is -2.15. The average Bonchev–Trinajstić information content (AvgIpc) is 3.25. The summed E-state index contributed by atoms with van der Waals surface area (Å²) in [4.78, 5) is 4.60. The summed E-state index contributed by atoms with van der Waals surface area (Å²) in [6.07, 6.45) is 2.45. The van der Waals surface area contributed by atoms with Crippen molar-refractivity contribution in [2.75, 3.05) is 19.5 Å². The number of nitrogens with zero attached hydrogens (tertiary/aromatic N) is 3. The summed E-state index contributed by atoms with van der Waals surface area (Å²) >= 11 is 1.75. The Balaban J connectivity index is 0.00000176. The van der Waals surface area contributed by atoms with Crippen molar-refractivity contribution in [1.82, 2.24) is 9.99 Å². The number of ether oxygens (including phenoxy) is 1. The van der Waals surface area contributed by atoms with Gasteiger partial charge in [0.05, 0.1) is 18.4 Å². The number of aromatic nitrogens is 1. The molecule has 1 N–H and O–H groups in total.